The van der Waals surface area contributed by atoms with Crippen LogP contribution in [0.4, 0.5) is 10.5 Å². The van der Waals surface area contributed by atoms with Crippen LogP contribution in [0, 0.1) is 5.92 Å². The molecule has 1 fully saturated rings. The summed E-state index contributed by atoms with van der Waals surface area (Å²) in [6.07, 6.45) is 0.881. The number of hydrogen-bond donors (Lipinski definition) is 1. The number of benzene rings is 1. The van der Waals surface area contributed by atoms with Crippen LogP contribution in [0.5, 0.6) is 0 Å². The summed E-state index contributed by atoms with van der Waals surface area (Å²) in [6, 6.07) is 5.66. The minimum atomic E-state index is -1.06. The van der Waals surface area contributed by atoms with Crippen LogP contribution in [0.15, 0.2) is 24.3 Å². The maximum atomic E-state index is 12.3. The molecular weight excluding hydrogens is 272 g/mol. The second-order valence-electron chi connectivity index (χ2n) is 5.24. The zero-order chi connectivity index (χ0) is 15.6. The Bertz CT molecular complexity index is 585. The fourth-order valence-corrected chi connectivity index (χ4v) is 2.17. The predicted molar refractivity (Wildman–Crippen MR) is 77.3 cm³/mol. The highest BCUT2D eigenvalue weighted by molar-refractivity contribution is 6.12. The zero-order valence-corrected chi connectivity index (χ0v) is 12.1. The van der Waals surface area contributed by atoms with E-state index >= 15 is 0 Å². The summed E-state index contributed by atoms with van der Waals surface area (Å²) in [5.41, 5.74) is 0.521. The predicted octanol–water partition coefficient (Wildman–Crippen LogP) is 2.20. The molecule has 1 aliphatic heterocycles. The molecule has 3 amide bonds. The molecule has 112 valence electrons. The first-order valence-corrected chi connectivity index (χ1v) is 6.89. The molecule has 1 N–H and O–H groups in total. The summed E-state index contributed by atoms with van der Waals surface area (Å²) < 4.78 is 0. The molecule has 21 heavy (non-hydrogen) atoms. The van der Waals surface area contributed by atoms with Gasteiger partial charge in [0.25, 0.3) is 5.91 Å². The highest BCUT2D eigenvalue weighted by Crippen LogP contribution is 2.23. The minimum Gasteiger partial charge on any atom is -0.478 e. The van der Waals surface area contributed by atoms with Crippen LogP contribution >= 0.6 is 0 Å². The van der Waals surface area contributed by atoms with Crippen molar-refractivity contribution in [2.45, 2.75) is 20.3 Å². The summed E-state index contributed by atoms with van der Waals surface area (Å²) in [4.78, 5) is 37.9. The lowest BCUT2D eigenvalue weighted by molar-refractivity contribution is -0.125. The Morgan fingerprint density at radius 3 is 2.71 bits per heavy atom. The number of anilines is 1. The summed E-state index contributed by atoms with van der Waals surface area (Å²) in [7, 11) is 0. The first kappa shape index (κ1) is 15.0. The van der Waals surface area contributed by atoms with Crippen molar-refractivity contribution in [3.63, 3.8) is 0 Å². The van der Waals surface area contributed by atoms with E-state index in [9.17, 15) is 14.4 Å². The van der Waals surface area contributed by atoms with Crippen LogP contribution in [0.25, 0.3) is 0 Å². The lowest BCUT2D eigenvalue weighted by atomic mass is 10.1. The van der Waals surface area contributed by atoms with Gasteiger partial charge in [0.1, 0.15) is 6.54 Å². The fourth-order valence-electron chi connectivity index (χ4n) is 2.17. The largest absolute Gasteiger partial charge is 0.478 e. The highest BCUT2D eigenvalue weighted by atomic mass is 16.4. The molecule has 0 aromatic heterocycles. The van der Waals surface area contributed by atoms with Gasteiger partial charge in [0.2, 0.25) is 0 Å². The van der Waals surface area contributed by atoms with Gasteiger partial charge in [-0.1, -0.05) is 26.3 Å². The fraction of sp³-hybridized carbons (Fsp3) is 0.400. The Labute approximate surface area is 123 Å². The maximum Gasteiger partial charge on any atom is 0.335 e. The Hall–Kier alpha value is -2.37. The van der Waals surface area contributed by atoms with Gasteiger partial charge in [-0.05, 0) is 24.1 Å². The topological polar surface area (TPSA) is 77.9 Å². The van der Waals surface area contributed by atoms with Gasteiger partial charge in [0.05, 0.1) is 5.56 Å². The molecule has 6 heteroatoms. The molecule has 6 nitrogen and oxygen atoms in total. The van der Waals surface area contributed by atoms with Crippen molar-refractivity contribution in [2.24, 2.45) is 5.92 Å². The number of rotatable bonds is 5. The van der Waals surface area contributed by atoms with Gasteiger partial charge in [0.15, 0.2) is 0 Å². The average Bonchev–Trinajstić information content (AvgIpc) is 2.75. The molecule has 0 spiro atoms. The van der Waals surface area contributed by atoms with Gasteiger partial charge in [-0.25, -0.2) is 9.59 Å². The van der Waals surface area contributed by atoms with Crippen molar-refractivity contribution < 1.29 is 19.5 Å². The second-order valence-corrected chi connectivity index (χ2v) is 5.24. The van der Waals surface area contributed by atoms with Crippen molar-refractivity contribution in [1.29, 1.82) is 0 Å². The quantitative estimate of drug-likeness (QED) is 0.843. The van der Waals surface area contributed by atoms with Crippen LogP contribution in [0.1, 0.15) is 30.6 Å². The third-order valence-corrected chi connectivity index (χ3v) is 3.65. The van der Waals surface area contributed by atoms with Crippen molar-refractivity contribution in [2.75, 3.05) is 18.0 Å². The third kappa shape index (κ3) is 3.04. The van der Waals surface area contributed by atoms with E-state index in [1.165, 1.54) is 21.9 Å². The molecule has 1 aliphatic rings. The molecule has 1 heterocycles. The van der Waals surface area contributed by atoms with Gasteiger partial charge in [0, 0.05) is 12.2 Å². The van der Waals surface area contributed by atoms with E-state index in [2.05, 4.69) is 0 Å². The normalized spacial score (nSPS) is 16.5. The minimum absolute atomic E-state index is 0.0433. The number of amides is 3. The lowest BCUT2D eigenvalue weighted by Crippen LogP contribution is -2.36. The monoisotopic (exact) mass is 290 g/mol. The van der Waals surface area contributed by atoms with E-state index in [0.717, 1.165) is 6.42 Å². The van der Waals surface area contributed by atoms with E-state index in [1.54, 1.807) is 12.1 Å². The highest BCUT2D eigenvalue weighted by Gasteiger charge is 2.37. The van der Waals surface area contributed by atoms with Gasteiger partial charge in [-0.15, -0.1) is 0 Å². The first-order valence-electron chi connectivity index (χ1n) is 6.89. The van der Waals surface area contributed by atoms with E-state index in [1.807, 2.05) is 13.8 Å². The molecule has 0 radical (unpaired) electrons. The van der Waals surface area contributed by atoms with Crippen LogP contribution < -0.4 is 4.90 Å². The third-order valence-electron chi connectivity index (χ3n) is 3.65. The molecule has 0 bridgehead atoms. The van der Waals surface area contributed by atoms with Crippen LogP contribution in [0.3, 0.4) is 0 Å². The van der Waals surface area contributed by atoms with E-state index in [-0.39, 0.29) is 30.0 Å². The van der Waals surface area contributed by atoms with Crippen LogP contribution in [-0.2, 0) is 4.79 Å². The number of imide groups is 1. The Balaban J connectivity index is 2.22. The number of nitrogens with zero attached hydrogens (tertiary/aromatic N) is 2. The zero-order valence-electron chi connectivity index (χ0n) is 12.1. The first-order chi connectivity index (χ1) is 9.93. The van der Waals surface area contributed by atoms with Crippen molar-refractivity contribution in [3.05, 3.63) is 29.8 Å². The van der Waals surface area contributed by atoms with E-state index < -0.39 is 5.97 Å². The van der Waals surface area contributed by atoms with Gasteiger partial charge < -0.3 is 5.11 Å². The number of carbonyl (C=O) groups is 3. The molecule has 0 aliphatic carbocycles. The summed E-state index contributed by atoms with van der Waals surface area (Å²) >= 11 is 0. The Morgan fingerprint density at radius 1 is 1.38 bits per heavy atom. The number of carboxylic acids is 1. The molecular formula is C15H18N2O4. The molecule has 1 atom stereocenters. The second kappa shape index (κ2) is 5.95. The van der Waals surface area contributed by atoms with Gasteiger partial charge in [-0.3, -0.25) is 14.6 Å². The number of carboxylic acid groups (broad SMARTS) is 1. The Morgan fingerprint density at radius 2 is 2.10 bits per heavy atom. The van der Waals surface area contributed by atoms with Crippen molar-refractivity contribution >= 4 is 23.6 Å². The van der Waals surface area contributed by atoms with Crippen LogP contribution in [-0.4, -0.2) is 41.0 Å². The van der Waals surface area contributed by atoms with Gasteiger partial charge >= 0.3 is 12.0 Å². The van der Waals surface area contributed by atoms with E-state index in [4.69, 9.17) is 5.11 Å². The van der Waals surface area contributed by atoms with Crippen LogP contribution in [0.2, 0.25) is 0 Å². The smallest absolute Gasteiger partial charge is 0.335 e. The molecule has 1 saturated heterocycles. The van der Waals surface area contributed by atoms with Crippen molar-refractivity contribution in [1.82, 2.24) is 4.90 Å². The SMILES string of the molecule is CCC(C)CN1C(=O)CN(c2cccc(C(=O)O)c2)C1=O. The number of hydrogen-bond acceptors (Lipinski definition) is 3. The number of carbonyl (C=O) groups excluding carboxylic acids is 2. The molecule has 0 saturated carbocycles. The average molecular weight is 290 g/mol. The number of aromatic carboxylic acids is 1. The maximum absolute atomic E-state index is 12.3. The Kier molecular flexibility index (Phi) is 4.26. The van der Waals surface area contributed by atoms with Crippen molar-refractivity contribution in [3.8, 4) is 0 Å². The van der Waals surface area contributed by atoms with E-state index in [0.29, 0.717) is 12.2 Å². The van der Waals surface area contributed by atoms with Gasteiger partial charge in [-0.2, -0.15) is 0 Å². The number of urea groups is 1. The summed E-state index contributed by atoms with van der Waals surface area (Å²) in [5.74, 6) is -1.07. The standard InChI is InChI=1S/C15H18N2O4/c1-3-10(2)8-17-13(18)9-16(15(17)21)12-6-4-5-11(7-12)14(19)20/h4-7,10H,3,8-9H2,1-2H3,(H,19,20). The lowest BCUT2D eigenvalue weighted by Gasteiger charge is -2.19. The summed E-state index contributed by atoms with van der Waals surface area (Å²) in [6.45, 7) is 4.33. The summed E-state index contributed by atoms with van der Waals surface area (Å²) in [5, 5.41) is 8.99. The molecule has 1 unspecified atom stereocenters. The molecule has 2 rings (SSSR count). The molecule has 1 aromatic carbocycles. The molecule has 1 aromatic rings.